The van der Waals surface area contributed by atoms with Crippen molar-refractivity contribution in [1.29, 1.82) is 0 Å². The molecule has 0 aliphatic carbocycles. The lowest BCUT2D eigenvalue weighted by Gasteiger charge is -2.08. The zero-order chi connectivity index (χ0) is 28.2. The number of hydrogen-bond donors (Lipinski definition) is 3. The van der Waals surface area contributed by atoms with Gasteiger partial charge in [0.05, 0.1) is 31.5 Å². The van der Waals surface area contributed by atoms with E-state index in [1.807, 2.05) is 10.9 Å². The quantitative estimate of drug-likeness (QED) is 0.125. The summed E-state index contributed by atoms with van der Waals surface area (Å²) in [6.45, 7) is 4.13. The zero-order valence-corrected chi connectivity index (χ0v) is 22.4. The summed E-state index contributed by atoms with van der Waals surface area (Å²) in [5.74, 6) is 0.210. The van der Waals surface area contributed by atoms with Crippen LogP contribution in [0.1, 0.15) is 37.7 Å². The van der Waals surface area contributed by atoms with Crippen molar-refractivity contribution in [3.63, 3.8) is 0 Å². The third kappa shape index (κ3) is 8.20. The van der Waals surface area contributed by atoms with E-state index in [0.29, 0.717) is 57.4 Å². The highest BCUT2D eigenvalue weighted by molar-refractivity contribution is 5.77. The Bertz CT molecular complexity index is 1420. The maximum atomic E-state index is 13.4. The van der Waals surface area contributed by atoms with Crippen molar-refractivity contribution in [2.24, 2.45) is 0 Å². The van der Waals surface area contributed by atoms with Gasteiger partial charge in [0.25, 0.3) is 5.56 Å². The first-order valence-electron chi connectivity index (χ1n) is 13.4. The minimum Gasteiger partial charge on any atom is -0.379 e. The van der Waals surface area contributed by atoms with Crippen molar-refractivity contribution >= 4 is 23.5 Å². The highest BCUT2D eigenvalue weighted by Crippen LogP contribution is 2.24. The molecule has 0 atom stereocenters. The van der Waals surface area contributed by atoms with Crippen molar-refractivity contribution < 1.29 is 18.7 Å². The number of nitrogens with one attached hydrogen (secondary N) is 2. The molecule has 12 nitrogen and oxygen atoms in total. The standard InChI is InChI=1S/C27H35FN8O4/c28-22-8-6-20(7-9-22)17-36-24(32-23-25(36)33-27(29)34-26(23)38)21-16-31-35(18-21)11-3-1-2-4-12-39-14-15-40-13-5-10-30-19-37/h6-9,16,18-19H,1-5,10-15,17H2,(H,30,37)(H3,29,33,34,38). The molecule has 3 heterocycles. The number of aryl methyl sites for hydroxylation is 1. The molecule has 4 N–H and O–H groups in total. The van der Waals surface area contributed by atoms with Gasteiger partial charge in [-0.2, -0.15) is 10.1 Å². The number of hydrogen-bond acceptors (Lipinski definition) is 8. The average molecular weight is 555 g/mol. The summed E-state index contributed by atoms with van der Waals surface area (Å²) >= 11 is 0. The summed E-state index contributed by atoms with van der Waals surface area (Å²) in [5.41, 5.74) is 7.49. The van der Waals surface area contributed by atoms with Gasteiger partial charge in [-0.05, 0) is 37.0 Å². The number of unbranched alkanes of at least 4 members (excludes halogenated alkanes) is 3. The summed E-state index contributed by atoms with van der Waals surface area (Å²) < 4.78 is 28.1. The fourth-order valence-corrected chi connectivity index (χ4v) is 4.26. The van der Waals surface area contributed by atoms with Gasteiger partial charge in [0.1, 0.15) is 11.6 Å². The number of fused-ring (bicyclic) bond motifs is 1. The van der Waals surface area contributed by atoms with Crippen LogP contribution in [0.5, 0.6) is 0 Å². The molecule has 13 heteroatoms. The Balaban J connectivity index is 1.26. The van der Waals surface area contributed by atoms with Gasteiger partial charge >= 0.3 is 0 Å². The van der Waals surface area contributed by atoms with Crippen molar-refractivity contribution in [1.82, 2.24) is 34.6 Å². The number of carbonyl (C=O) groups excluding carboxylic acids is 1. The number of anilines is 1. The molecule has 214 valence electrons. The van der Waals surface area contributed by atoms with E-state index in [0.717, 1.165) is 49.8 Å². The van der Waals surface area contributed by atoms with Gasteiger partial charge in [0, 0.05) is 32.5 Å². The van der Waals surface area contributed by atoms with Gasteiger partial charge in [0.15, 0.2) is 11.2 Å². The smallest absolute Gasteiger partial charge is 0.280 e. The summed E-state index contributed by atoms with van der Waals surface area (Å²) in [5, 5.41) is 7.08. The van der Waals surface area contributed by atoms with Gasteiger partial charge in [-0.3, -0.25) is 19.3 Å². The summed E-state index contributed by atoms with van der Waals surface area (Å²) in [7, 11) is 0. The Morgan fingerprint density at radius 1 is 1.00 bits per heavy atom. The van der Waals surface area contributed by atoms with E-state index in [4.69, 9.17) is 15.2 Å². The second-order valence-corrected chi connectivity index (χ2v) is 9.33. The molecule has 1 amide bonds. The molecule has 0 spiro atoms. The van der Waals surface area contributed by atoms with E-state index in [9.17, 15) is 14.0 Å². The number of nitrogens with two attached hydrogens (primary N) is 1. The largest absolute Gasteiger partial charge is 0.379 e. The number of rotatable bonds is 18. The molecule has 0 fully saturated rings. The summed E-state index contributed by atoms with van der Waals surface area (Å²) in [6, 6.07) is 6.14. The number of H-pyrrole nitrogens is 1. The van der Waals surface area contributed by atoms with E-state index >= 15 is 0 Å². The van der Waals surface area contributed by atoms with Crippen LogP contribution in [0.4, 0.5) is 10.3 Å². The SMILES string of the molecule is Nc1nc2c(nc(-c3cnn(CCCCCCOCCOCCCNC=O)c3)n2Cc2ccc(F)cc2)c(=O)[nH]1. The number of aromatic nitrogens is 6. The number of aromatic amines is 1. The van der Waals surface area contributed by atoms with Crippen LogP contribution in [0.25, 0.3) is 22.6 Å². The molecule has 0 aliphatic heterocycles. The highest BCUT2D eigenvalue weighted by atomic mass is 19.1. The predicted molar refractivity (Wildman–Crippen MR) is 148 cm³/mol. The molecule has 0 saturated carbocycles. The first-order valence-corrected chi connectivity index (χ1v) is 13.4. The monoisotopic (exact) mass is 554 g/mol. The minimum atomic E-state index is -0.422. The van der Waals surface area contributed by atoms with Crippen molar-refractivity contribution in [2.75, 3.05) is 38.7 Å². The fourth-order valence-electron chi connectivity index (χ4n) is 4.26. The molecule has 0 unspecified atom stereocenters. The Hall–Kier alpha value is -4.10. The first-order chi connectivity index (χ1) is 19.5. The van der Waals surface area contributed by atoms with Crippen LogP contribution in [-0.2, 0) is 27.4 Å². The van der Waals surface area contributed by atoms with Crippen LogP contribution >= 0.6 is 0 Å². The zero-order valence-electron chi connectivity index (χ0n) is 22.4. The number of carbonyl (C=O) groups is 1. The summed E-state index contributed by atoms with van der Waals surface area (Å²) in [6.07, 6.45) is 9.13. The van der Waals surface area contributed by atoms with Crippen LogP contribution in [-0.4, -0.2) is 68.7 Å². The van der Waals surface area contributed by atoms with Crippen LogP contribution < -0.4 is 16.6 Å². The number of ether oxygens (including phenoxy) is 2. The molecule has 4 aromatic rings. The number of amides is 1. The molecule has 0 radical (unpaired) electrons. The predicted octanol–water partition coefficient (Wildman–Crippen LogP) is 2.48. The van der Waals surface area contributed by atoms with E-state index in [1.54, 1.807) is 22.9 Å². The van der Waals surface area contributed by atoms with Gasteiger partial charge in [0.2, 0.25) is 12.4 Å². The van der Waals surface area contributed by atoms with Crippen LogP contribution in [0, 0.1) is 5.82 Å². The van der Waals surface area contributed by atoms with E-state index < -0.39 is 5.56 Å². The minimum absolute atomic E-state index is 0.00101. The lowest BCUT2D eigenvalue weighted by atomic mass is 10.2. The summed E-state index contributed by atoms with van der Waals surface area (Å²) in [4.78, 5) is 34.0. The second kappa shape index (κ2) is 14.9. The van der Waals surface area contributed by atoms with Crippen LogP contribution in [0.15, 0.2) is 41.5 Å². The molecular formula is C27H35FN8O4. The van der Waals surface area contributed by atoms with Gasteiger partial charge in [-0.1, -0.05) is 25.0 Å². The number of halogens is 1. The molecular weight excluding hydrogens is 519 g/mol. The normalized spacial score (nSPS) is 11.3. The van der Waals surface area contributed by atoms with Crippen molar-refractivity contribution in [3.8, 4) is 11.4 Å². The molecule has 4 rings (SSSR count). The number of nitrogens with zero attached hydrogens (tertiary/aromatic N) is 5. The lowest BCUT2D eigenvalue weighted by molar-refractivity contribution is -0.109. The van der Waals surface area contributed by atoms with Gasteiger partial charge in [-0.15, -0.1) is 0 Å². The molecule has 0 bridgehead atoms. The Morgan fingerprint density at radius 2 is 1.75 bits per heavy atom. The molecule has 1 aromatic carbocycles. The van der Waals surface area contributed by atoms with Crippen molar-refractivity contribution in [3.05, 3.63) is 58.4 Å². The number of nitrogen functional groups attached to an aromatic ring is 1. The molecule has 40 heavy (non-hydrogen) atoms. The van der Waals surface area contributed by atoms with Crippen molar-refractivity contribution in [2.45, 2.75) is 45.2 Å². The number of benzene rings is 1. The number of imidazole rings is 1. The molecule has 3 aromatic heterocycles. The third-order valence-corrected chi connectivity index (χ3v) is 6.26. The van der Waals surface area contributed by atoms with E-state index in [1.165, 1.54) is 12.1 Å². The molecule has 0 saturated heterocycles. The average Bonchev–Trinajstić information content (AvgIpc) is 3.55. The highest BCUT2D eigenvalue weighted by Gasteiger charge is 2.18. The second-order valence-electron chi connectivity index (χ2n) is 9.33. The van der Waals surface area contributed by atoms with Crippen LogP contribution in [0.3, 0.4) is 0 Å². The lowest BCUT2D eigenvalue weighted by Crippen LogP contribution is -2.15. The first kappa shape index (κ1) is 28.9. The maximum Gasteiger partial charge on any atom is 0.280 e. The Morgan fingerprint density at radius 3 is 2.52 bits per heavy atom. The fraction of sp³-hybridized carbons (Fsp3) is 0.444. The Kier molecular flexibility index (Phi) is 10.8. The Labute approximate surface area is 230 Å². The maximum absolute atomic E-state index is 13.4. The van der Waals surface area contributed by atoms with E-state index in [2.05, 4.69) is 25.4 Å². The molecule has 0 aliphatic rings. The topological polar surface area (TPSA) is 155 Å². The van der Waals surface area contributed by atoms with Gasteiger partial charge in [-0.25, -0.2) is 9.37 Å². The van der Waals surface area contributed by atoms with Gasteiger partial charge < -0.3 is 25.1 Å². The van der Waals surface area contributed by atoms with E-state index in [-0.39, 0.29) is 17.3 Å². The van der Waals surface area contributed by atoms with Crippen LogP contribution in [0.2, 0.25) is 0 Å². The third-order valence-electron chi connectivity index (χ3n) is 6.26.